The third-order valence-corrected chi connectivity index (χ3v) is 2.22. The van der Waals surface area contributed by atoms with Gasteiger partial charge < -0.3 is 14.6 Å². The van der Waals surface area contributed by atoms with Gasteiger partial charge >= 0.3 is 5.97 Å². The lowest BCUT2D eigenvalue weighted by molar-refractivity contribution is 0.0697. The molecule has 2 N–H and O–H groups in total. The molecule has 1 aromatic carbocycles. The van der Waals surface area contributed by atoms with Crippen LogP contribution >= 0.6 is 0 Å². The zero-order valence-corrected chi connectivity index (χ0v) is 8.24. The van der Waals surface area contributed by atoms with Gasteiger partial charge in [-0.3, -0.25) is 0 Å². The largest absolute Gasteiger partial charge is 0.478 e. The van der Waals surface area contributed by atoms with Crippen LogP contribution in [0.3, 0.4) is 0 Å². The van der Waals surface area contributed by atoms with Gasteiger partial charge in [-0.25, -0.2) is 9.18 Å². The van der Waals surface area contributed by atoms with E-state index in [0.29, 0.717) is 11.1 Å². The number of carbonyl (C=O) groups is 1. The number of benzene rings is 1. The molecule has 4 nitrogen and oxygen atoms in total. The highest BCUT2D eigenvalue weighted by atomic mass is 19.1. The van der Waals surface area contributed by atoms with E-state index in [0.717, 1.165) is 6.07 Å². The SMILES string of the molecule is O=C(O)c1cc(F)cc2cc(CCO)oc12. The van der Waals surface area contributed by atoms with E-state index in [1.54, 1.807) is 0 Å². The summed E-state index contributed by atoms with van der Waals surface area (Å²) in [5, 5.41) is 18.0. The molecule has 0 saturated heterocycles. The first-order valence-electron chi connectivity index (χ1n) is 4.68. The number of halogens is 1. The van der Waals surface area contributed by atoms with Crippen molar-refractivity contribution >= 4 is 16.9 Å². The Hall–Kier alpha value is -1.88. The van der Waals surface area contributed by atoms with Crippen LogP contribution in [0.2, 0.25) is 0 Å². The van der Waals surface area contributed by atoms with Gasteiger partial charge in [0.1, 0.15) is 22.7 Å². The van der Waals surface area contributed by atoms with Crippen molar-refractivity contribution in [1.29, 1.82) is 0 Å². The minimum atomic E-state index is -1.24. The summed E-state index contributed by atoms with van der Waals surface area (Å²) in [7, 11) is 0. The molecule has 0 aliphatic carbocycles. The average molecular weight is 224 g/mol. The maximum absolute atomic E-state index is 13.1. The number of aromatic carboxylic acids is 1. The number of carboxylic acids is 1. The van der Waals surface area contributed by atoms with Crippen LogP contribution in [-0.4, -0.2) is 22.8 Å². The first-order chi connectivity index (χ1) is 7.61. The highest BCUT2D eigenvalue weighted by Crippen LogP contribution is 2.25. The van der Waals surface area contributed by atoms with Crippen LogP contribution < -0.4 is 0 Å². The molecular weight excluding hydrogens is 215 g/mol. The van der Waals surface area contributed by atoms with Crippen molar-refractivity contribution in [1.82, 2.24) is 0 Å². The number of rotatable bonds is 3. The molecule has 0 unspecified atom stereocenters. The van der Waals surface area contributed by atoms with Gasteiger partial charge in [-0.2, -0.15) is 0 Å². The monoisotopic (exact) mass is 224 g/mol. The molecule has 2 rings (SSSR count). The maximum atomic E-state index is 13.1. The Balaban J connectivity index is 2.65. The Morgan fingerprint density at radius 2 is 2.12 bits per heavy atom. The minimum absolute atomic E-state index is 0.106. The van der Waals surface area contributed by atoms with E-state index in [2.05, 4.69) is 0 Å². The van der Waals surface area contributed by atoms with Crippen molar-refractivity contribution in [2.24, 2.45) is 0 Å². The van der Waals surface area contributed by atoms with Crippen molar-refractivity contribution in [3.8, 4) is 0 Å². The Morgan fingerprint density at radius 1 is 1.38 bits per heavy atom. The summed E-state index contributed by atoms with van der Waals surface area (Å²) in [6, 6.07) is 3.64. The highest BCUT2D eigenvalue weighted by molar-refractivity contribution is 6.01. The van der Waals surface area contributed by atoms with E-state index in [4.69, 9.17) is 14.6 Å². The van der Waals surface area contributed by atoms with Crippen molar-refractivity contribution in [2.45, 2.75) is 6.42 Å². The van der Waals surface area contributed by atoms with Gasteiger partial charge in [0, 0.05) is 11.8 Å². The summed E-state index contributed by atoms with van der Waals surface area (Å²) < 4.78 is 18.3. The second kappa shape index (κ2) is 3.94. The average Bonchev–Trinajstić information content (AvgIpc) is 2.59. The molecule has 0 fully saturated rings. The summed E-state index contributed by atoms with van der Waals surface area (Å²) >= 11 is 0. The van der Waals surface area contributed by atoms with Gasteiger partial charge in [0.2, 0.25) is 0 Å². The fourth-order valence-electron chi connectivity index (χ4n) is 1.56. The smallest absolute Gasteiger partial charge is 0.339 e. The normalized spacial score (nSPS) is 10.9. The lowest BCUT2D eigenvalue weighted by Crippen LogP contribution is -1.97. The molecule has 0 saturated carbocycles. The number of aliphatic hydroxyl groups excluding tert-OH is 1. The summed E-state index contributed by atoms with van der Waals surface area (Å²) in [5.41, 5.74) is -0.0726. The summed E-state index contributed by atoms with van der Waals surface area (Å²) in [5.74, 6) is -1.43. The maximum Gasteiger partial charge on any atom is 0.339 e. The van der Waals surface area contributed by atoms with Gasteiger partial charge in [-0.15, -0.1) is 0 Å². The molecule has 5 heteroatoms. The summed E-state index contributed by atoms with van der Waals surface area (Å²) in [6.07, 6.45) is 0.273. The van der Waals surface area contributed by atoms with Crippen LogP contribution in [0.25, 0.3) is 11.0 Å². The van der Waals surface area contributed by atoms with Gasteiger partial charge in [0.25, 0.3) is 0 Å². The third kappa shape index (κ3) is 1.77. The highest BCUT2D eigenvalue weighted by Gasteiger charge is 2.15. The fraction of sp³-hybridized carbons (Fsp3) is 0.182. The lowest BCUT2D eigenvalue weighted by Gasteiger charge is -1.96. The number of carboxylic acid groups (broad SMARTS) is 1. The summed E-state index contributed by atoms with van der Waals surface area (Å²) in [4.78, 5) is 10.9. The Morgan fingerprint density at radius 3 is 2.75 bits per heavy atom. The van der Waals surface area contributed by atoms with Gasteiger partial charge in [0.05, 0.1) is 6.61 Å². The van der Waals surface area contributed by atoms with E-state index < -0.39 is 11.8 Å². The van der Waals surface area contributed by atoms with Crippen molar-refractivity contribution < 1.29 is 23.8 Å². The standard InChI is InChI=1S/C11H9FO4/c12-7-3-6-4-8(1-2-13)16-10(6)9(5-7)11(14)15/h3-5,13H,1-2H2,(H,14,15). The van der Waals surface area contributed by atoms with E-state index in [1.807, 2.05) is 0 Å². The number of hydrogen-bond donors (Lipinski definition) is 2. The third-order valence-electron chi connectivity index (χ3n) is 2.22. The number of aliphatic hydroxyl groups is 1. The summed E-state index contributed by atoms with van der Waals surface area (Å²) in [6.45, 7) is -0.106. The number of furan rings is 1. The minimum Gasteiger partial charge on any atom is -0.478 e. The zero-order chi connectivity index (χ0) is 11.7. The van der Waals surface area contributed by atoms with E-state index in [-0.39, 0.29) is 24.2 Å². The molecule has 0 spiro atoms. The molecule has 1 aromatic heterocycles. The van der Waals surface area contributed by atoms with E-state index in [9.17, 15) is 9.18 Å². The molecular formula is C11H9FO4. The fourth-order valence-corrected chi connectivity index (χ4v) is 1.56. The first kappa shape index (κ1) is 10.6. The second-order valence-electron chi connectivity index (χ2n) is 3.36. The van der Waals surface area contributed by atoms with Crippen molar-refractivity contribution in [2.75, 3.05) is 6.61 Å². The van der Waals surface area contributed by atoms with Crippen LogP contribution in [0.1, 0.15) is 16.1 Å². The molecule has 1 heterocycles. The van der Waals surface area contributed by atoms with Crippen LogP contribution in [0.15, 0.2) is 22.6 Å². The molecule has 2 aromatic rings. The quantitative estimate of drug-likeness (QED) is 0.834. The molecule has 84 valence electrons. The van der Waals surface area contributed by atoms with Crippen LogP contribution in [-0.2, 0) is 6.42 Å². The topological polar surface area (TPSA) is 70.7 Å². The van der Waals surface area contributed by atoms with Crippen molar-refractivity contribution in [3.63, 3.8) is 0 Å². The van der Waals surface area contributed by atoms with Gasteiger partial charge in [0.15, 0.2) is 0 Å². The van der Waals surface area contributed by atoms with Crippen LogP contribution in [0.4, 0.5) is 4.39 Å². The Bertz CT molecular complexity index is 544. The molecule has 0 radical (unpaired) electrons. The molecule has 0 aliphatic rings. The first-order valence-corrected chi connectivity index (χ1v) is 4.68. The molecule has 0 bridgehead atoms. The molecule has 0 aliphatic heterocycles. The van der Waals surface area contributed by atoms with Gasteiger partial charge in [-0.1, -0.05) is 0 Å². The molecule has 16 heavy (non-hydrogen) atoms. The Kier molecular flexibility index (Phi) is 2.62. The van der Waals surface area contributed by atoms with Gasteiger partial charge in [-0.05, 0) is 18.2 Å². The van der Waals surface area contributed by atoms with Crippen molar-refractivity contribution in [3.05, 3.63) is 35.3 Å². The predicted molar refractivity (Wildman–Crippen MR) is 53.9 cm³/mol. The number of fused-ring (bicyclic) bond motifs is 1. The lowest BCUT2D eigenvalue weighted by atomic mass is 10.1. The zero-order valence-electron chi connectivity index (χ0n) is 8.24. The predicted octanol–water partition coefficient (Wildman–Crippen LogP) is 1.80. The van der Waals surface area contributed by atoms with E-state index >= 15 is 0 Å². The van der Waals surface area contributed by atoms with Crippen LogP contribution in [0.5, 0.6) is 0 Å². The molecule has 0 amide bonds. The Labute approximate surface area is 89.9 Å². The number of hydrogen-bond acceptors (Lipinski definition) is 3. The second-order valence-corrected chi connectivity index (χ2v) is 3.36. The molecule has 0 atom stereocenters. The van der Waals surface area contributed by atoms with Crippen LogP contribution in [0, 0.1) is 5.82 Å². The van der Waals surface area contributed by atoms with E-state index in [1.165, 1.54) is 12.1 Å².